The minimum atomic E-state index is -4.83. The highest BCUT2D eigenvalue weighted by Gasteiger charge is 2.44. The van der Waals surface area contributed by atoms with Gasteiger partial charge in [-0.15, -0.1) is 0 Å². The molecule has 29 heavy (non-hydrogen) atoms. The molecule has 11 nitrogen and oxygen atoms in total. The van der Waals surface area contributed by atoms with Crippen molar-refractivity contribution in [3.8, 4) is 5.75 Å². The molecule has 2 aromatic carbocycles. The Kier molecular flexibility index (Phi) is 5.80. The van der Waals surface area contributed by atoms with Gasteiger partial charge >= 0.3 is 23.9 Å². The van der Waals surface area contributed by atoms with Gasteiger partial charge in [-0.1, -0.05) is 6.07 Å². The quantitative estimate of drug-likeness (QED) is 0.375. The van der Waals surface area contributed by atoms with Gasteiger partial charge in [0, 0.05) is 11.8 Å². The Bertz CT molecular complexity index is 951. The topological polar surface area (TPSA) is 151 Å². The zero-order chi connectivity index (χ0) is 21.9. The van der Waals surface area contributed by atoms with E-state index in [1.54, 1.807) is 0 Å². The summed E-state index contributed by atoms with van der Waals surface area (Å²) in [5.41, 5.74) is -4.09. The predicted octanol–water partition coefficient (Wildman–Crippen LogP) is 4.39. The molecule has 0 unspecified atom stereocenters. The van der Waals surface area contributed by atoms with Crippen LogP contribution in [0.4, 0.5) is 46.0 Å². The molecule has 0 radical (unpaired) electrons. The molecule has 0 aromatic heterocycles. The highest BCUT2D eigenvalue weighted by molar-refractivity contribution is 5.81. The lowest BCUT2D eigenvalue weighted by Crippen LogP contribution is -2.33. The van der Waals surface area contributed by atoms with Crippen LogP contribution in [0.5, 0.6) is 5.75 Å². The summed E-state index contributed by atoms with van der Waals surface area (Å²) >= 11 is 0. The van der Waals surface area contributed by atoms with Gasteiger partial charge < -0.3 is 10.1 Å². The van der Waals surface area contributed by atoms with Crippen LogP contribution in [0.15, 0.2) is 36.4 Å². The van der Waals surface area contributed by atoms with Crippen LogP contribution in [0.25, 0.3) is 0 Å². The second kappa shape index (κ2) is 7.91. The molecule has 2 aromatic rings. The van der Waals surface area contributed by atoms with E-state index >= 15 is 0 Å². The molecule has 0 bridgehead atoms. The summed E-state index contributed by atoms with van der Waals surface area (Å²) in [6, 6.07) is 4.68. The van der Waals surface area contributed by atoms with Gasteiger partial charge in [0.2, 0.25) is 0 Å². The number of non-ortho nitro benzene ring substituents is 1. The second-order valence-corrected chi connectivity index (χ2v) is 5.25. The van der Waals surface area contributed by atoms with Crippen LogP contribution in [0.1, 0.15) is 0 Å². The predicted molar refractivity (Wildman–Crippen MR) is 87.7 cm³/mol. The Balaban J connectivity index is 2.51. The Morgan fingerprint density at radius 2 is 1.48 bits per heavy atom. The van der Waals surface area contributed by atoms with Crippen LogP contribution in [-0.4, -0.2) is 27.3 Å². The number of nitrogens with zero attached hydrogens (tertiary/aromatic N) is 3. The maximum Gasteiger partial charge on any atom is 0.461 e. The van der Waals surface area contributed by atoms with E-state index in [9.17, 15) is 47.9 Å². The largest absolute Gasteiger partial charge is 0.461 e. The molecule has 0 fully saturated rings. The van der Waals surface area contributed by atoms with Crippen LogP contribution < -0.4 is 10.1 Å². The molecule has 1 N–H and O–H groups in total. The third-order valence-corrected chi connectivity index (χ3v) is 3.30. The van der Waals surface area contributed by atoms with E-state index in [2.05, 4.69) is 10.1 Å². The van der Waals surface area contributed by atoms with E-state index in [0.717, 1.165) is 24.3 Å². The molecule has 0 saturated heterocycles. The van der Waals surface area contributed by atoms with E-state index in [1.807, 2.05) is 0 Å². The smallest absolute Gasteiger partial charge is 0.428 e. The molecule has 0 spiro atoms. The van der Waals surface area contributed by atoms with E-state index in [4.69, 9.17) is 0 Å². The zero-order valence-electron chi connectivity index (χ0n) is 13.8. The van der Waals surface area contributed by atoms with Crippen molar-refractivity contribution >= 4 is 28.4 Å². The van der Waals surface area contributed by atoms with Crippen molar-refractivity contribution in [2.75, 3.05) is 5.32 Å². The van der Waals surface area contributed by atoms with E-state index < -0.39 is 55.8 Å². The number of alkyl halides is 4. The minimum Gasteiger partial charge on any atom is -0.428 e. The van der Waals surface area contributed by atoms with E-state index in [-0.39, 0.29) is 5.69 Å². The normalized spacial score (nSPS) is 11.2. The molecule has 0 aliphatic carbocycles. The first kappa shape index (κ1) is 21.3. The number of nitro benzene ring substituents is 3. The number of benzene rings is 2. The lowest BCUT2D eigenvalue weighted by molar-refractivity contribution is -0.401. The highest BCUT2D eigenvalue weighted by Crippen LogP contribution is 2.40. The first-order valence-corrected chi connectivity index (χ1v) is 7.25. The van der Waals surface area contributed by atoms with Crippen molar-refractivity contribution in [1.29, 1.82) is 0 Å². The maximum absolute atomic E-state index is 13.0. The summed E-state index contributed by atoms with van der Waals surface area (Å²) in [7, 11) is 0. The Hall–Kier alpha value is -4.04. The Morgan fingerprint density at radius 3 is 1.93 bits per heavy atom. The standard InChI is InChI=1S/C14H8F4N4O7/c15-13(16)14(17,18)29-9-3-1-2-7(4-9)19-12-10(21(25)26)5-8(20(23)24)6-11(12)22(27)28/h1-6,13,19H. The van der Waals surface area contributed by atoms with Crippen LogP contribution in [0.3, 0.4) is 0 Å². The van der Waals surface area contributed by atoms with Gasteiger partial charge in [-0.3, -0.25) is 30.3 Å². The van der Waals surface area contributed by atoms with Crippen molar-refractivity contribution in [2.45, 2.75) is 12.5 Å². The lowest BCUT2D eigenvalue weighted by Gasteiger charge is -2.17. The number of hydrogen-bond acceptors (Lipinski definition) is 8. The molecule has 2 rings (SSSR count). The molecule has 0 saturated carbocycles. The SMILES string of the molecule is O=[N+]([O-])c1cc([N+](=O)[O-])c(Nc2cccc(OC(F)(F)C(F)F)c2)c([N+](=O)[O-])c1. The molecule has 0 amide bonds. The van der Waals surface area contributed by atoms with Gasteiger partial charge in [0.05, 0.1) is 26.9 Å². The van der Waals surface area contributed by atoms with Crippen molar-refractivity contribution in [3.63, 3.8) is 0 Å². The van der Waals surface area contributed by atoms with Gasteiger partial charge in [-0.25, -0.2) is 0 Å². The number of hydrogen-bond donors (Lipinski definition) is 1. The van der Waals surface area contributed by atoms with Gasteiger partial charge in [0.15, 0.2) is 5.69 Å². The van der Waals surface area contributed by atoms with Crippen LogP contribution in [0.2, 0.25) is 0 Å². The maximum atomic E-state index is 13.0. The first-order valence-electron chi connectivity index (χ1n) is 7.25. The summed E-state index contributed by atoms with van der Waals surface area (Å²) in [5, 5.41) is 35.5. The summed E-state index contributed by atoms with van der Waals surface area (Å²) < 4.78 is 54.4. The average molecular weight is 420 g/mol. The van der Waals surface area contributed by atoms with Crippen LogP contribution in [-0.2, 0) is 0 Å². The van der Waals surface area contributed by atoms with Gasteiger partial charge in [0.1, 0.15) is 5.75 Å². The molecular formula is C14H8F4N4O7. The van der Waals surface area contributed by atoms with Crippen molar-refractivity contribution in [3.05, 3.63) is 66.7 Å². The third kappa shape index (κ3) is 4.82. The lowest BCUT2D eigenvalue weighted by atomic mass is 10.2. The number of anilines is 2. The molecule has 0 heterocycles. The Labute approximate surface area is 157 Å². The van der Waals surface area contributed by atoms with Crippen LogP contribution >= 0.6 is 0 Å². The number of ether oxygens (including phenoxy) is 1. The molecule has 0 aliphatic rings. The van der Waals surface area contributed by atoms with Crippen molar-refractivity contribution in [1.82, 2.24) is 0 Å². The molecule has 0 atom stereocenters. The van der Waals surface area contributed by atoms with Crippen molar-refractivity contribution < 1.29 is 37.1 Å². The average Bonchev–Trinajstić information content (AvgIpc) is 2.60. The fourth-order valence-corrected chi connectivity index (χ4v) is 2.10. The third-order valence-electron chi connectivity index (χ3n) is 3.30. The van der Waals surface area contributed by atoms with E-state index in [0.29, 0.717) is 12.1 Å². The minimum absolute atomic E-state index is 0.285. The van der Waals surface area contributed by atoms with Crippen molar-refractivity contribution in [2.24, 2.45) is 0 Å². The van der Waals surface area contributed by atoms with Crippen LogP contribution in [0, 0.1) is 30.3 Å². The summed E-state index contributed by atoms with van der Waals surface area (Å²) in [4.78, 5) is 29.9. The monoisotopic (exact) mass is 420 g/mol. The molecular weight excluding hydrogens is 412 g/mol. The fourth-order valence-electron chi connectivity index (χ4n) is 2.10. The number of nitrogens with one attached hydrogen (secondary N) is 1. The van der Waals surface area contributed by atoms with Gasteiger partial charge in [0.25, 0.3) is 5.69 Å². The summed E-state index contributed by atoms with van der Waals surface area (Å²) in [5.74, 6) is -0.771. The molecule has 0 aliphatic heterocycles. The second-order valence-electron chi connectivity index (χ2n) is 5.25. The number of rotatable bonds is 8. The number of halogens is 4. The first-order chi connectivity index (χ1) is 13.4. The van der Waals surface area contributed by atoms with Gasteiger partial charge in [-0.05, 0) is 12.1 Å². The Morgan fingerprint density at radius 1 is 0.931 bits per heavy atom. The summed E-state index contributed by atoms with van der Waals surface area (Å²) in [6.07, 6.45) is -8.97. The zero-order valence-corrected chi connectivity index (χ0v) is 13.8. The fraction of sp³-hybridized carbons (Fsp3) is 0.143. The number of nitro groups is 3. The van der Waals surface area contributed by atoms with Gasteiger partial charge in [-0.2, -0.15) is 17.6 Å². The highest BCUT2D eigenvalue weighted by atomic mass is 19.3. The molecule has 154 valence electrons. The molecule has 15 heteroatoms. The van der Waals surface area contributed by atoms with E-state index in [1.165, 1.54) is 0 Å². The summed E-state index contributed by atoms with van der Waals surface area (Å²) in [6.45, 7) is 0.